The zero-order valence-electron chi connectivity index (χ0n) is 20.7. The SMILES string of the molecule is CCCCOC(=O)[C@H](C)NP(=O)(OC[C@H]1O[C@@H](n2ccc(=O)[nH]c2=S)C(C)(O)[C@H]1O)Oc1ccccc1. The second kappa shape index (κ2) is 12.4. The number of aromatic nitrogens is 2. The Hall–Kier alpha value is -2.38. The van der Waals surface area contributed by atoms with Crippen LogP contribution in [0.1, 0.15) is 39.8 Å². The molecule has 12 nitrogen and oxygen atoms in total. The van der Waals surface area contributed by atoms with Crippen LogP contribution in [0.4, 0.5) is 0 Å². The van der Waals surface area contributed by atoms with Gasteiger partial charge in [0, 0.05) is 12.3 Å². The van der Waals surface area contributed by atoms with Crippen molar-refractivity contribution in [2.75, 3.05) is 13.2 Å². The van der Waals surface area contributed by atoms with Crippen LogP contribution >= 0.6 is 20.0 Å². The Labute approximate surface area is 219 Å². The minimum atomic E-state index is -4.22. The number of aromatic amines is 1. The van der Waals surface area contributed by atoms with Gasteiger partial charge in [-0.2, -0.15) is 5.09 Å². The number of aliphatic hydroxyl groups excluding tert-OH is 1. The number of para-hydroxylation sites is 1. The first kappa shape index (κ1) is 29.2. The fourth-order valence-electron chi connectivity index (χ4n) is 3.60. The molecule has 0 radical (unpaired) electrons. The third kappa shape index (κ3) is 7.35. The molecule has 14 heteroatoms. The molecule has 1 aliphatic rings. The molecule has 0 aliphatic carbocycles. The van der Waals surface area contributed by atoms with Crippen molar-refractivity contribution in [3.05, 3.63) is 57.7 Å². The molecule has 2 heterocycles. The van der Waals surface area contributed by atoms with Gasteiger partial charge < -0.3 is 24.2 Å². The van der Waals surface area contributed by atoms with Gasteiger partial charge in [0.2, 0.25) is 0 Å². The van der Waals surface area contributed by atoms with Crippen LogP contribution in [0, 0.1) is 4.77 Å². The van der Waals surface area contributed by atoms with Crippen LogP contribution in [0.25, 0.3) is 0 Å². The van der Waals surface area contributed by atoms with Gasteiger partial charge in [-0.15, -0.1) is 0 Å². The molecule has 0 amide bonds. The summed E-state index contributed by atoms with van der Waals surface area (Å²) in [5.74, 6) is -0.427. The molecule has 1 aromatic carbocycles. The van der Waals surface area contributed by atoms with Gasteiger partial charge in [0.1, 0.15) is 29.6 Å². The Kier molecular flexibility index (Phi) is 9.81. The molecule has 204 valence electrons. The Bertz CT molecular complexity index is 1220. The van der Waals surface area contributed by atoms with E-state index < -0.39 is 56.0 Å². The maximum Gasteiger partial charge on any atom is 0.459 e. The number of hydrogen-bond donors (Lipinski definition) is 4. The molecule has 0 bridgehead atoms. The lowest BCUT2D eigenvalue weighted by molar-refractivity contribution is -0.145. The summed E-state index contributed by atoms with van der Waals surface area (Å²) in [6, 6.07) is 8.34. The van der Waals surface area contributed by atoms with E-state index in [4.69, 9.17) is 30.7 Å². The fraction of sp³-hybridized carbons (Fsp3) is 0.522. The molecule has 2 unspecified atom stereocenters. The van der Waals surface area contributed by atoms with Crippen LogP contribution in [0.5, 0.6) is 5.75 Å². The highest BCUT2D eigenvalue weighted by atomic mass is 32.1. The summed E-state index contributed by atoms with van der Waals surface area (Å²) >= 11 is 5.15. The van der Waals surface area contributed by atoms with E-state index in [0.717, 1.165) is 6.42 Å². The molecule has 6 atom stereocenters. The number of unbranched alkanes of at least 4 members (excludes halogenated alkanes) is 1. The zero-order chi connectivity index (χ0) is 27.2. The van der Waals surface area contributed by atoms with E-state index in [9.17, 15) is 24.4 Å². The van der Waals surface area contributed by atoms with E-state index in [0.29, 0.717) is 6.42 Å². The number of esters is 1. The second-order valence-corrected chi connectivity index (χ2v) is 10.9. The maximum atomic E-state index is 13.7. The van der Waals surface area contributed by atoms with Crippen LogP contribution in [0.3, 0.4) is 0 Å². The van der Waals surface area contributed by atoms with Gasteiger partial charge in [0.05, 0.1) is 13.2 Å². The van der Waals surface area contributed by atoms with E-state index in [1.807, 2.05) is 6.92 Å². The number of aliphatic hydroxyl groups is 2. The molecule has 2 aromatic rings. The van der Waals surface area contributed by atoms with Crippen LogP contribution < -0.4 is 15.2 Å². The fourth-order valence-corrected chi connectivity index (χ4v) is 5.36. The van der Waals surface area contributed by atoms with Gasteiger partial charge in [-0.05, 0) is 44.6 Å². The monoisotopic (exact) mass is 557 g/mol. The van der Waals surface area contributed by atoms with Gasteiger partial charge >= 0.3 is 13.7 Å². The molecule has 0 spiro atoms. The Morgan fingerprint density at radius 1 is 1.35 bits per heavy atom. The standard InChI is InChI=1S/C23H32N3O9PS/c1-4-5-13-32-20(29)15(2)25-36(31,35-16-9-7-6-8-10-16)33-14-17-19(28)23(3,30)21(34-17)26-12-11-18(27)24-22(26)37/h6-12,15,17,19,21,28,30H,4-5,13-14H2,1-3H3,(H,25,31)(H,24,27,37)/t15-,17+,19-,21+,23?,36?/m0/s1. The summed E-state index contributed by atoms with van der Waals surface area (Å²) in [5, 5.41) is 24.3. The smallest absolute Gasteiger partial charge is 0.459 e. The summed E-state index contributed by atoms with van der Waals surface area (Å²) in [6.07, 6.45) is -0.997. The summed E-state index contributed by atoms with van der Waals surface area (Å²) in [5.41, 5.74) is -2.29. The first-order valence-electron chi connectivity index (χ1n) is 11.8. The number of carbonyl (C=O) groups is 1. The van der Waals surface area contributed by atoms with Crippen molar-refractivity contribution in [2.45, 2.75) is 63.7 Å². The topological polar surface area (TPSA) is 161 Å². The summed E-state index contributed by atoms with van der Waals surface area (Å²) in [7, 11) is -4.22. The molecular formula is C23H32N3O9PS. The lowest BCUT2D eigenvalue weighted by atomic mass is 9.96. The number of hydrogen-bond acceptors (Lipinski definition) is 10. The van der Waals surface area contributed by atoms with Crippen molar-refractivity contribution in [2.24, 2.45) is 0 Å². The summed E-state index contributed by atoms with van der Waals surface area (Å²) in [6.45, 7) is 4.48. The molecule has 1 fully saturated rings. The van der Waals surface area contributed by atoms with Crippen molar-refractivity contribution < 1.29 is 38.1 Å². The van der Waals surface area contributed by atoms with Crippen molar-refractivity contribution >= 4 is 25.9 Å². The van der Waals surface area contributed by atoms with Gasteiger partial charge in [0.15, 0.2) is 11.0 Å². The quantitative estimate of drug-likeness (QED) is 0.131. The number of nitrogens with zero attached hydrogens (tertiary/aromatic N) is 1. The van der Waals surface area contributed by atoms with E-state index in [1.165, 1.54) is 30.7 Å². The first-order valence-corrected chi connectivity index (χ1v) is 13.7. The van der Waals surface area contributed by atoms with Gasteiger partial charge in [0.25, 0.3) is 5.56 Å². The predicted molar refractivity (Wildman–Crippen MR) is 136 cm³/mol. The number of H-pyrrole nitrogens is 1. The highest BCUT2D eigenvalue weighted by Gasteiger charge is 2.53. The predicted octanol–water partition coefficient (Wildman–Crippen LogP) is 2.44. The number of benzene rings is 1. The average molecular weight is 558 g/mol. The average Bonchev–Trinajstić information content (AvgIpc) is 3.07. The molecular weight excluding hydrogens is 525 g/mol. The Balaban J connectivity index is 1.77. The maximum absolute atomic E-state index is 13.7. The minimum absolute atomic E-state index is 0.0262. The largest absolute Gasteiger partial charge is 0.465 e. The van der Waals surface area contributed by atoms with Crippen molar-refractivity contribution in [3.63, 3.8) is 0 Å². The minimum Gasteiger partial charge on any atom is -0.465 e. The molecule has 1 saturated heterocycles. The zero-order valence-corrected chi connectivity index (χ0v) is 22.4. The normalized spacial score (nSPS) is 25.8. The lowest BCUT2D eigenvalue weighted by Gasteiger charge is -2.28. The van der Waals surface area contributed by atoms with E-state index >= 15 is 0 Å². The summed E-state index contributed by atoms with van der Waals surface area (Å²) < 4.78 is 37.1. The second-order valence-electron chi connectivity index (χ2n) is 8.78. The number of rotatable bonds is 12. The highest BCUT2D eigenvalue weighted by Crippen LogP contribution is 2.47. The molecule has 4 N–H and O–H groups in total. The van der Waals surface area contributed by atoms with Crippen LogP contribution in [-0.4, -0.2) is 62.8 Å². The molecule has 1 aliphatic heterocycles. The third-order valence-corrected chi connectivity index (χ3v) is 7.64. The number of ether oxygens (including phenoxy) is 2. The summed E-state index contributed by atoms with van der Waals surface area (Å²) in [4.78, 5) is 26.3. The molecule has 1 aromatic heterocycles. The van der Waals surface area contributed by atoms with Crippen molar-refractivity contribution in [1.82, 2.24) is 14.6 Å². The Morgan fingerprint density at radius 2 is 2.05 bits per heavy atom. The number of carbonyl (C=O) groups excluding carboxylic acids is 1. The van der Waals surface area contributed by atoms with Crippen LogP contribution in [0.2, 0.25) is 0 Å². The van der Waals surface area contributed by atoms with Gasteiger partial charge in [-0.1, -0.05) is 31.5 Å². The third-order valence-electron chi connectivity index (χ3n) is 5.68. The van der Waals surface area contributed by atoms with E-state index in [1.54, 1.807) is 30.3 Å². The molecule has 0 saturated carbocycles. The first-order chi connectivity index (χ1) is 17.5. The van der Waals surface area contributed by atoms with Gasteiger partial charge in [-0.3, -0.25) is 23.7 Å². The Morgan fingerprint density at radius 3 is 2.70 bits per heavy atom. The van der Waals surface area contributed by atoms with Crippen LogP contribution in [-0.2, 0) is 23.4 Å². The number of nitrogens with one attached hydrogen (secondary N) is 2. The highest BCUT2D eigenvalue weighted by molar-refractivity contribution is 7.71. The van der Waals surface area contributed by atoms with Crippen molar-refractivity contribution in [1.29, 1.82) is 0 Å². The van der Waals surface area contributed by atoms with E-state index in [-0.39, 0.29) is 17.1 Å². The van der Waals surface area contributed by atoms with E-state index in [2.05, 4.69) is 10.1 Å². The van der Waals surface area contributed by atoms with Crippen molar-refractivity contribution in [3.8, 4) is 5.75 Å². The molecule has 37 heavy (non-hydrogen) atoms. The lowest BCUT2D eigenvalue weighted by Crippen LogP contribution is -2.45. The van der Waals surface area contributed by atoms with Crippen LogP contribution in [0.15, 0.2) is 47.4 Å². The van der Waals surface area contributed by atoms with Gasteiger partial charge in [-0.25, -0.2) is 4.57 Å². The molecule has 3 rings (SSSR count).